The van der Waals surface area contributed by atoms with Crippen LogP contribution in [0.25, 0.3) is 0 Å². The number of nitrogens with one attached hydrogen (secondary N) is 2. The van der Waals surface area contributed by atoms with Crippen LogP contribution in [0, 0.1) is 0 Å². The number of carbonyl (C=O) groups is 4. The molecule has 0 spiro atoms. The summed E-state index contributed by atoms with van der Waals surface area (Å²) in [6, 6.07) is 2.07. The van der Waals surface area contributed by atoms with Gasteiger partial charge in [0.15, 0.2) is 11.6 Å². The summed E-state index contributed by atoms with van der Waals surface area (Å²) < 4.78 is 0. The first-order valence-electron chi connectivity index (χ1n) is 12.8. The number of rotatable bonds is 18. The first kappa shape index (κ1) is 29.7. The quantitative estimate of drug-likeness (QED) is 0.175. The fourth-order valence-corrected chi connectivity index (χ4v) is 4.03. The van der Waals surface area contributed by atoms with E-state index in [1.807, 2.05) is 0 Å². The van der Waals surface area contributed by atoms with Gasteiger partial charge in [-0.15, -0.1) is 0 Å². The molecule has 2 aromatic rings. The summed E-state index contributed by atoms with van der Waals surface area (Å²) in [6.45, 7) is 4.97. The molecule has 0 saturated heterocycles. The van der Waals surface area contributed by atoms with Crippen molar-refractivity contribution in [3.8, 4) is 0 Å². The molecule has 2 atom stereocenters. The maximum absolute atomic E-state index is 12.6. The van der Waals surface area contributed by atoms with Crippen LogP contribution >= 0.6 is 0 Å². The van der Waals surface area contributed by atoms with Crippen LogP contribution in [0.15, 0.2) is 36.9 Å². The van der Waals surface area contributed by atoms with Crippen molar-refractivity contribution >= 4 is 23.4 Å². The molecule has 37 heavy (non-hydrogen) atoms. The molecule has 2 aromatic heterocycles. The third-order valence-electron chi connectivity index (χ3n) is 6.25. The lowest BCUT2D eigenvalue weighted by Gasteiger charge is -2.14. The van der Waals surface area contributed by atoms with Crippen LogP contribution in [0.2, 0.25) is 0 Å². The third kappa shape index (κ3) is 9.47. The Balaban J connectivity index is 1.54. The van der Waals surface area contributed by atoms with Gasteiger partial charge in [0.05, 0.1) is 34.3 Å². The SMILES string of the molecule is CC(NCCCCCCCCCNC(C)C(=O)c1cnccc1C(N)=O)C(=O)c1cnccc1C(N)=O. The average Bonchev–Trinajstić information content (AvgIpc) is 2.90. The molecular weight excluding hydrogens is 472 g/mol. The van der Waals surface area contributed by atoms with Crippen LogP contribution in [0.5, 0.6) is 0 Å². The summed E-state index contributed by atoms with van der Waals surface area (Å²) in [4.78, 5) is 56.1. The number of hydrogen-bond acceptors (Lipinski definition) is 8. The lowest BCUT2D eigenvalue weighted by molar-refractivity contribution is 0.0932. The zero-order chi connectivity index (χ0) is 27.2. The number of aromatic nitrogens is 2. The summed E-state index contributed by atoms with van der Waals surface area (Å²) in [5.74, 6) is -1.67. The number of Topliss-reactive ketones (excluding diaryl/α,β-unsaturated/α-hetero) is 2. The minimum absolute atomic E-state index is 0.190. The Morgan fingerprint density at radius 1 is 0.649 bits per heavy atom. The molecule has 200 valence electrons. The molecule has 2 heterocycles. The molecule has 6 N–H and O–H groups in total. The van der Waals surface area contributed by atoms with Crippen molar-refractivity contribution in [2.75, 3.05) is 13.1 Å². The number of carbonyl (C=O) groups excluding carboxylic acids is 4. The second-order valence-electron chi connectivity index (χ2n) is 9.13. The van der Waals surface area contributed by atoms with Gasteiger partial charge in [-0.3, -0.25) is 29.1 Å². The Morgan fingerprint density at radius 2 is 1.00 bits per heavy atom. The van der Waals surface area contributed by atoms with Gasteiger partial charge >= 0.3 is 0 Å². The molecule has 2 unspecified atom stereocenters. The van der Waals surface area contributed by atoms with E-state index in [1.54, 1.807) is 13.8 Å². The van der Waals surface area contributed by atoms with Crippen molar-refractivity contribution in [3.63, 3.8) is 0 Å². The van der Waals surface area contributed by atoms with E-state index < -0.39 is 23.9 Å². The second-order valence-corrected chi connectivity index (χ2v) is 9.13. The number of hydrogen-bond donors (Lipinski definition) is 4. The Labute approximate surface area is 218 Å². The van der Waals surface area contributed by atoms with E-state index in [0.29, 0.717) is 13.1 Å². The molecule has 0 fully saturated rings. The predicted molar refractivity (Wildman–Crippen MR) is 141 cm³/mol. The number of nitrogens with zero attached hydrogens (tertiary/aromatic N) is 2. The summed E-state index contributed by atoms with van der Waals surface area (Å²) in [5, 5.41) is 6.42. The van der Waals surface area contributed by atoms with Gasteiger partial charge < -0.3 is 22.1 Å². The van der Waals surface area contributed by atoms with Gasteiger partial charge in [0, 0.05) is 24.8 Å². The van der Waals surface area contributed by atoms with E-state index in [9.17, 15) is 19.2 Å². The first-order chi connectivity index (χ1) is 17.7. The zero-order valence-electron chi connectivity index (χ0n) is 21.7. The highest BCUT2D eigenvalue weighted by molar-refractivity contribution is 6.09. The van der Waals surface area contributed by atoms with E-state index in [2.05, 4.69) is 20.6 Å². The monoisotopic (exact) mass is 510 g/mol. The number of primary amides is 2. The molecule has 10 heteroatoms. The third-order valence-corrected chi connectivity index (χ3v) is 6.25. The van der Waals surface area contributed by atoms with Crippen molar-refractivity contribution in [1.29, 1.82) is 0 Å². The van der Waals surface area contributed by atoms with E-state index in [-0.39, 0.29) is 33.8 Å². The molecule has 0 aliphatic heterocycles. The molecule has 0 aliphatic carbocycles. The molecular formula is C27H38N6O4. The molecule has 2 rings (SSSR count). The number of ketones is 2. The lowest BCUT2D eigenvalue weighted by atomic mass is 10.0. The van der Waals surface area contributed by atoms with Crippen molar-refractivity contribution < 1.29 is 19.2 Å². The van der Waals surface area contributed by atoms with Crippen molar-refractivity contribution in [2.24, 2.45) is 11.5 Å². The molecule has 0 aromatic carbocycles. The van der Waals surface area contributed by atoms with E-state index in [4.69, 9.17) is 11.5 Å². The van der Waals surface area contributed by atoms with Gasteiger partial charge in [-0.05, 0) is 51.9 Å². The summed E-state index contributed by atoms with van der Waals surface area (Å²) in [6.07, 6.45) is 13.0. The first-order valence-corrected chi connectivity index (χ1v) is 12.8. The minimum atomic E-state index is -0.639. The van der Waals surface area contributed by atoms with Gasteiger partial charge in [-0.2, -0.15) is 0 Å². The van der Waals surface area contributed by atoms with Crippen molar-refractivity contribution in [2.45, 2.75) is 70.9 Å². The van der Waals surface area contributed by atoms with E-state index in [1.165, 1.54) is 36.9 Å². The van der Waals surface area contributed by atoms with Crippen molar-refractivity contribution in [3.05, 3.63) is 59.2 Å². The van der Waals surface area contributed by atoms with Crippen LogP contribution in [0.4, 0.5) is 0 Å². The Hall–Kier alpha value is -3.50. The molecule has 0 aliphatic rings. The highest BCUT2D eigenvalue weighted by Crippen LogP contribution is 2.12. The smallest absolute Gasteiger partial charge is 0.249 e. The number of amides is 2. The maximum Gasteiger partial charge on any atom is 0.249 e. The van der Waals surface area contributed by atoms with Gasteiger partial charge in [0.1, 0.15) is 0 Å². The van der Waals surface area contributed by atoms with Crippen LogP contribution < -0.4 is 22.1 Å². The lowest BCUT2D eigenvalue weighted by Crippen LogP contribution is -2.35. The fourth-order valence-electron chi connectivity index (χ4n) is 4.03. The highest BCUT2D eigenvalue weighted by atomic mass is 16.2. The number of unbranched alkanes of at least 4 members (excludes halogenated alkanes) is 6. The highest BCUT2D eigenvalue weighted by Gasteiger charge is 2.21. The van der Waals surface area contributed by atoms with Gasteiger partial charge in [-0.1, -0.05) is 32.1 Å². The molecule has 0 radical (unpaired) electrons. The van der Waals surface area contributed by atoms with Crippen LogP contribution in [0.1, 0.15) is 100 Å². The minimum Gasteiger partial charge on any atom is -0.366 e. The normalized spacial score (nSPS) is 12.6. The average molecular weight is 511 g/mol. The maximum atomic E-state index is 12.6. The van der Waals surface area contributed by atoms with Crippen LogP contribution in [-0.2, 0) is 0 Å². The fraction of sp³-hybridized carbons (Fsp3) is 0.481. The summed E-state index contributed by atoms with van der Waals surface area (Å²) in [5.41, 5.74) is 11.6. The molecule has 0 bridgehead atoms. The van der Waals surface area contributed by atoms with Gasteiger partial charge in [-0.25, -0.2) is 0 Å². The number of pyridine rings is 2. The molecule has 10 nitrogen and oxygen atoms in total. The number of nitrogens with two attached hydrogens (primary N) is 2. The van der Waals surface area contributed by atoms with Crippen LogP contribution in [0.3, 0.4) is 0 Å². The van der Waals surface area contributed by atoms with Crippen molar-refractivity contribution in [1.82, 2.24) is 20.6 Å². The topological polar surface area (TPSA) is 170 Å². The van der Waals surface area contributed by atoms with E-state index in [0.717, 1.165) is 44.9 Å². The summed E-state index contributed by atoms with van der Waals surface area (Å²) >= 11 is 0. The Kier molecular flexibility index (Phi) is 12.5. The Bertz CT molecular complexity index is 991. The summed E-state index contributed by atoms with van der Waals surface area (Å²) in [7, 11) is 0. The second kappa shape index (κ2) is 15.6. The van der Waals surface area contributed by atoms with Crippen LogP contribution in [-0.4, -0.2) is 58.5 Å². The van der Waals surface area contributed by atoms with E-state index >= 15 is 0 Å². The standard InChI is InChI=1S/C27H38N6O4/c1-18(24(34)22-16-30-14-10-20(22)26(28)36)32-12-8-6-4-3-5-7-9-13-33-19(2)25(35)23-17-31-15-11-21(23)27(29)37/h10-11,14-19,32-33H,3-9,12-13H2,1-2H3,(H2,28,36)(H2,29,37). The van der Waals surface area contributed by atoms with Gasteiger partial charge in [0.2, 0.25) is 11.8 Å². The molecule has 0 saturated carbocycles. The molecule has 2 amide bonds. The predicted octanol–water partition coefficient (Wildman–Crippen LogP) is 2.43. The Morgan fingerprint density at radius 3 is 1.35 bits per heavy atom. The largest absolute Gasteiger partial charge is 0.366 e. The zero-order valence-corrected chi connectivity index (χ0v) is 21.7. The van der Waals surface area contributed by atoms with Gasteiger partial charge in [0.25, 0.3) is 0 Å².